The minimum atomic E-state index is -3.74. The van der Waals surface area contributed by atoms with Crippen LogP contribution in [0, 0.1) is 6.92 Å². The second-order valence-corrected chi connectivity index (χ2v) is 7.25. The zero-order chi connectivity index (χ0) is 17.6. The van der Waals surface area contributed by atoms with Crippen LogP contribution in [0.3, 0.4) is 0 Å². The molecule has 24 heavy (non-hydrogen) atoms. The Labute approximate surface area is 143 Å². The van der Waals surface area contributed by atoms with Crippen molar-refractivity contribution in [2.45, 2.75) is 25.3 Å². The van der Waals surface area contributed by atoms with Crippen LogP contribution in [0.4, 0.5) is 0 Å². The van der Waals surface area contributed by atoms with E-state index in [-0.39, 0.29) is 18.0 Å². The molecule has 1 aromatic carbocycles. The van der Waals surface area contributed by atoms with Crippen molar-refractivity contribution < 1.29 is 22.3 Å². The maximum atomic E-state index is 13.2. The first-order valence-corrected chi connectivity index (χ1v) is 9.16. The van der Waals surface area contributed by atoms with Gasteiger partial charge in [-0.2, -0.15) is 4.31 Å². The summed E-state index contributed by atoms with van der Waals surface area (Å²) in [6.45, 7) is 4.82. The molecule has 0 aliphatic heterocycles. The average Bonchev–Trinajstić information content (AvgIpc) is 3.06. The van der Waals surface area contributed by atoms with E-state index in [2.05, 4.69) is 0 Å². The minimum absolute atomic E-state index is 0.170. The highest BCUT2D eigenvalue weighted by Crippen LogP contribution is 2.29. The number of ether oxygens (including phenoxy) is 2. The summed E-state index contributed by atoms with van der Waals surface area (Å²) in [6, 6.07) is 6.90. The molecule has 0 amide bonds. The van der Waals surface area contributed by atoms with E-state index in [1.54, 1.807) is 25.3 Å². The van der Waals surface area contributed by atoms with Crippen LogP contribution < -0.4 is 4.74 Å². The van der Waals surface area contributed by atoms with Gasteiger partial charge in [0.05, 0.1) is 25.7 Å². The highest BCUT2D eigenvalue weighted by Gasteiger charge is 2.28. The topological polar surface area (TPSA) is 69.0 Å². The van der Waals surface area contributed by atoms with Gasteiger partial charge in [-0.3, -0.25) is 0 Å². The summed E-state index contributed by atoms with van der Waals surface area (Å²) in [5.41, 5.74) is 1.63. The first-order valence-electron chi connectivity index (χ1n) is 7.72. The van der Waals surface area contributed by atoms with Gasteiger partial charge in [0.1, 0.15) is 10.6 Å². The van der Waals surface area contributed by atoms with E-state index >= 15 is 0 Å². The van der Waals surface area contributed by atoms with Crippen LogP contribution in [0.5, 0.6) is 5.75 Å². The van der Waals surface area contributed by atoms with Gasteiger partial charge in [-0.1, -0.05) is 6.07 Å². The normalized spacial score (nSPS) is 11.8. The monoisotopic (exact) mass is 353 g/mol. The van der Waals surface area contributed by atoms with Gasteiger partial charge in [-0.25, -0.2) is 8.42 Å². The summed E-state index contributed by atoms with van der Waals surface area (Å²) in [6.07, 6.45) is 3.06. The fourth-order valence-corrected chi connectivity index (χ4v) is 3.92. The smallest absolute Gasteiger partial charge is 0.247 e. The number of methoxy groups -OCH3 is 1. The Balaban J connectivity index is 2.41. The van der Waals surface area contributed by atoms with Gasteiger partial charge in [0.15, 0.2) is 0 Å². The summed E-state index contributed by atoms with van der Waals surface area (Å²) in [7, 11) is -2.20. The summed E-state index contributed by atoms with van der Waals surface area (Å²) in [4.78, 5) is 0.170. The van der Waals surface area contributed by atoms with Crippen molar-refractivity contribution >= 4 is 10.0 Å². The largest absolute Gasteiger partial charge is 0.492 e. The Morgan fingerprint density at radius 3 is 2.67 bits per heavy atom. The van der Waals surface area contributed by atoms with E-state index in [4.69, 9.17) is 13.9 Å². The van der Waals surface area contributed by atoms with Crippen molar-refractivity contribution in [2.75, 3.05) is 26.9 Å². The molecule has 0 atom stereocenters. The number of rotatable bonds is 9. The molecule has 0 aliphatic rings. The molecule has 0 bridgehead atoms. The number of hydrogen-bond acceptors (Lipinski definition) is 5. The van der Waals surface area contributed by atoms with Crippen LogP contribution in [0.2, 0.25) is 0 Å². The van der Waals surface area contributed by atoms with Gasteiger partial charge in [0, 0.05) is 25.8 Å². The third kappa shape index (κ3) is 4.37. The van der Waals surface area contributed by atoms with Crippen molar-refractivity contribution in [2.24, 2.45) is 0 Å². The van der Waals surface area contributed by atoms with E-state index in [1.165, 1.54) is 16.8 Å². The zero-order valence-electron chi connectivity index (χ0n) is 14.2. The number of hydrogen-bond donors (Lipinski definition) is 0. The summed E-state index contributed by atoms with van der Waals surface area (Å²) >= 11 is 0. The van der Waals surface area contributed by atoms with Gasteiger partial charge in [0.2, 0.25) is 10.0 Å². The van der Waals surface area contributed by atoms with Crippen LogP contribution in [0.15, 0.2) is 46.1 Å². The maximum Gasteiger partial charge on any atom is 0.247 e. The summed E-state index contributed by atoms with van der Waals surface area (Å²) < 4.78 is 43.3. The summed E-state index contributed by atoms with van der Waals surface area (Å²) in [5.74, 6) is 0.359. The second kappa shape index (κ2) is 8.32. The molecular formula is C17H23NO5S. The molecule has 7 heteroatoms. The fraction of sp³-hybridized carbons (Fsp3) is 0.412. The average molecular weight is 353 g/mol. The van der Waals surface area contributed by atoms with Gasteiger partial charge >= 0.3 is 0 Å². The Kier molecular flexibility index (Phi) is 6.42. The molecule has 2 aromatic rings. The van der Waals surface area contributed by atoms with E-state index in [0.717, 1.165) is 11.1 Å². The number of nitrogens with zero attached hydrogens (tertiary/aromatic N) is 1. The molecule has 0 radical (unpaired) electrons. The molecule has 0 unspecified atom stereocenters. The van der Waals surface area contributed by atoms with E-state index in [1.807, 2.05) is 19.9 Å². The lowest BCUT2D eigenvalue weighted by atomic mass is 10.2. The molecule has 0 N–H and O–H groups in total. The zero-order valence-corrected chi connectivity index (χ0v) is 15.0. The van der Waals surface area contributed by atoms with Crippen LogP contribution in [0.25, 0.3) is 0 Å². The molecule has 6 nitrogen and oxygen atoms in total. The molecule has 0 fully saturated rings. The fourth-order valence-electron chi connectivity index (χ4n) is 2.29. The number of aryl methyl sites for hydroxylation is 1. The lowest BCUT2D eigenvalue weighted by molar-refractivity contribution is 0.177. The van der Waals surface area contributed by atoms with E-state index in [0.29, 0.717) is 19.0 Å². The van der Waals surface area contributed by atoms with Crippen molar-refractivity contribution in [3.05, 3.63) is 47.9 Å². The molecular weight excluding hydrogens is 330 g/mol. The Bertz CT molecular complexity index is 740. The standard InChI is InChI=1S/C17H23NO5S/c1-4-23-16-6-5-14(2)11-17(16)24(19,20)18(8-10-21-3)12-15-7-9-22-13-15/h5-7,9,11,13H,4,8,10,12H2,1-3H3. The Morgan fingerprint density at radius 2 is 2.04 bits per heavy atom. The number of sulfonamides is 1. The quantitative estimate of drug-likeness (QED) is 0.693. The number of furan rings is 1. The third-order valence-electron chi connectivity index (χ3n) is 3.50. The van der Waals surface area contributed by atoms with E-state index < -0.39 is 10.0 Å². The van der Waals surface area contributed by atoms with Crippen LogP contribution >= 0.6 is 0 Å². The molecule has 0 aliphatic carbocycles. The van der Waals surface area contributed by atoms with Gasteiger partial charge < -0.3 is 13.9 Å². The van der Waals surface area contributed by atoms with Gasteiger partial charge in [-0.05, 0) is 37.6 Å². The van der Waals surface area contributed by atoms with Crippen LogP contribution in [-0.2, 0) is 21.3 Å². The molecule has 1 heterocycles. The lowest BCUT2D eigenvalue weighted by Crippen LogP contribution is -2.33. The van der Waals surface area contributed by atoms with Crippen molar-refractivity contribution in [3.8, 4) is 5.75 Å². The minimum Gasteiger partial charge on any atom is -0.492 e. The highest BCUT2D eigenvalue weighted by molar-refractivity contribution is 7.89. The van der Waals surface area contributed by atoms with Crippen LogP contribution in [0.1, 0.15) is 18.1 Å². The van der Waals surface area contributed by atoms with Crippen molar-refractivity contribution in [1.82, 2.24) is 4.31 Å². The predicted molar refractivity (Wildman–Crippen MR) is 90.5 cm³/mol. The SMILES string of the molecule is CCOc1ccc(C)cc1S(=O)(=O)N(CCOC)Cc1ccoc1. The first kappa shape index (κ1) is 18.5. The Morgan fingerprint density at radius 1 is 1.25 bits per heavy atom. The molecule has 2 rings (SSSR count). The third-order valence-corrected chi connectivity index (χ3v) is 5.37. The van der Waals surface area contributed by atoms with Crippen molar-refractivity contribution in [3.63, 3.8) is 0 Å². The molecule has 0 saturated heterocycles. The lowest BCUT2D eigenvalue weighted by Gasteiger charge is -2.23. The molecule has 1 aromatic heterocycles. The van der Waals surface area contributed by atoms with Gasteiger partial charge in [0.25, 0.3) is 0 Å². The number of benzene rings is 1. The van der Waals surface area contributed by atoms with Crippen molar-refractivity contribution in [1.29, 1.82) is 0 Å². The molecule has 0 spiro atoms. The first-order chi connectivity index (χ1) is 11.5. The summed E-state index contributed by atoms with van der Waals surface area (Å²) in [5, 5.41) is 0. The highest BCUT2D eigenvalue weighted by atomic mass is 32.2. The van der Waals surface area contributed by atoms with E-state index in [9.17, 15) is 8.42 Å². The maximum absolute atomic E-state index is 13.2. The van der Waals surface area contributed by atoms with Crippen LogP contribution in [-0.4, -0.2) is 39.6 Å². The Hall–Kier alpha value is -1.83. The van der Waals surface area contributed by atoms with Gasteiger partial charge in [-0.15, -0.1) is 0 Å². The predicted octanol–water partition coefficient (Wildman–Crippen LogP) is 2.82. The molecule has 132 valence electrons. The second-order valence-electron chi connectivity index (χ2n) is 5.35. The molecule has 0 saturated carbocycles.